The molecule has 0 fully saturated rings. The van der Waals surface area contributed by atoms with Gasteiger partial charge in [0.2, 0.25) is 0 Å². The molecule has 2 rings (SSSR count). The van der Waals surface area contributed by atoms with Gasteiger partial charge >= 0.3 is 5.97 Å². The molecule has 0 amide bonds. The lowest BCUT2D eigenvalue weighted by Crippen LogP contribution is -2.07. The molecule has 0 aliphatic carbocycles. The Kier molecular flexibility index (Phi) is 2.87. The van der Waals surface area contributed by atoms with E-state index in [-0.39, 0.29) is 10.9 Å². The first-order chi connectivity index (χ1) is 7.29. The normalized spacial score (nSPS) is 19.1. The highest BCUT2D eigenvalue weighted by molar-refractivity contribution is 8.02. The monoisotopic (exact) mass is 219 g/mol. The van der Waals surface area contributed by atoms with Crippen molar-refractivity contribution >= 4 is 17.7 Å². The Balaban J connectivity index is 2.39. The van der Waals surface area contributed by atoms with Gasteiger partial charge in [0.25, 0.3) is 0 Å². The minimum Gasteiger partial charge on any atom is -0.477 e. The zero-order chi connectivity index (χ0) is 10.7. The lowest BCUT2D eigenvalue weighted by Gasteiger charge is -2.14. The summed E-state index contributed by atoms with van der Waals surface area (Å²) < 4.78 is 0. The van der Waals surface area contributed by atoms with Crippen molar-refractivity contribution in [2.75, 3.05) is 0 Å². The minimum absolute atomic E-state index is 0.0507. The van der Waals surface area contributed by atoms with Crippen molar-refractivity contribution < 1.29 is 9.90 Å². The van der Waals surface area contributed by atoms with E-state index in [9.17, 15) is 4.79 Å². The van der Waals surface area contributed by atoms with Crippen LogP contribution in [-0.2, 0) is 0 Å². The van der Waals surface area contributed by atoms with Crippen LogP contribution in [0, 0.1) is 0 Å². The van der Waals surface area contributed by atoms with E-state index in [1.54, 1.807) is 23.9 Å². The third kappa shape index (κ3) is 2.10. The van der Waals surface area contributed by atoms with E-state index >= 15 is 0 Å². The topological polar surface area (TPSA) is 50.2 Å². The van der Waals surface area contributed by atoms with Gasteiger partial charge in [0.05, 0.1) is 5.25 Å². The second-order valence-corrected chi connectivity index (χ2v) is 4.07. The molecule has 0 radical (unpaired) electrons. The van der Waals surface area contributed by atoms with Crippen LogP contribution in [0.15, 0.2) is 42.0 Å². The van der Waals surface area contributed by atoms with Crippen LogP contribution in [-0.4, -0.2) is 16.1 Å². The molecule has 1 atom stereocenters. The van der Waals surface area contributed by atoms with Crippen LogP contribution in [0.3, 0.4) is 0 Å². The third-order valence-corrected chi connectivity index (χ3v) is 3.07. The van der Waals surface area contributed by atoms with Gasteiger partial charge in [-0.1, -0.05) is 24.3 Å². The van der Waals surface area contributed by atoms with Gasteiger partial charge in [-0.2, -0.15) is 0 Å². The Morgan fingerprint density at radius 2 is 2.33 bits per heavy atom. The smallest absolute Gasteiger partial charge is 0.354 e. The number of thioether (sulfide) groups is 1. The summed E-state index contributed by atoms with van der Waals surface area (Å²) in [6.45, 7) is 0. The lowest BCUT2D eigenvalue weighted by molar-refractivity contribution is 0.0689. The molecule has 1 aliphatic rings. The Morgan fingerprint density at radius 3 is 3.00 bits per heavy atom. The maximum Gasteiger partial charge on any atom is 0.354 e. The SMILES string of the molecule is O=C(O)c1ncccc1C1C=CC=CS1. The number of hydrogen-bond donors (Lipinski definition) is 1. The van der Waals surface area contributed by atoms with E-state index in [4.69, 9.17) is 5.11 Å². The lowest BCUT2D eigenvalue weighted by atomic mass is 10.1. The number of rotatable bonds is 2. The molecule has 2 heterocycles. The van der Waals surface area contributed by atoms with Gasteiger partial charge in [0.15, 0.2) is 5.69 Å². The van der Waals surface area contributed by atoms with Crippen LogP contribution in [0.4, 0.5) is 0 Å². The third-order valence-electron chi connectivity index (χ3n) is 2.05. The van der Waals surface area contributed by atoms with Gasteiger partial charge < -0.3 is 5.11 Å². The molecule has 1 aromatic heterocycles. The van der Waals surface area contributed by atoms with E-state index in [0.717, 1.165) is 5.56 Å². The van der Waals surface area contributed by atoms with Crippen molar-refractivity contribution in [3.8, 4) is 0 Å². The fourth-order valence-corrected chi connectivity index (χ4v) is 2.26. The van der Waals surface area contributed by atoms with Crippen molar-refractivity contribution in [3.63, 3.8) is 0 Å². The molecule has 0 saturated heterocycles. The molecular formula is C11H9NO2S. The van der Waals surface area contributed by atoms with Gasteiger partial charge in [-0.05, 0) is 11.5 Å². The summed E-state index contributed by atoms with van der Waals surface area (Å²) in [5.41, 5.74) is 0.880. The van der Waals surface area contributed by atoms with Gasteiger partial charge in [0, 0.05) is 11.8 Å². The van der Waals surface area contributed by atoms with Crippen molar-refractivity contribution in [1.29, 1.82) is 0 Å². The molecule has 0 saturated carbocycles. The first-order valence-electron chi connectivity index (χ1n) is 4.46. The number of allylic oxidation sites excluding steroid dienone is 2. The number of carbonyl (C=O) groups is 1. The zero-order valence-electron chi connectivity index (χ0n) is 7.83. The molecule has 3 nitrogen and oxygen atoms in total. The first-order valence-corrected chi connectivity index (χ1v) is 5.40. The molecule has 76 valence electrons. The summed E-state index contributed by atoms with van der Waals surface area (Å²) in [5, 5.41) is 11.0. The van der Waals surface area contributed by atoms with Gasteiger partial charge in [-0.25, -0.2) is 9.78 Å². The maximum absolute atomic E-state index is 11.0. The molecule has 1 unspecified atom stereocenters. The number of carboxylic acid groups (broad SMARTS) is 1. The average Bonchev–Trinajstić information content (AvgIpc) is 2.30. The molecule has 1 N–H and O–H groups in total. The molecule has 4 heteroatoms. The number of carboxylic acids is 1. The summed E-state index contributed by atoms with van der Waals surface area (Å²) in [4.78, 5) is 14.8. The molecule has 0 spiro atoms. The maximum atomic E-state index is 11.0. The van der Waals surface area contributed by atoms with E-state index in [2.05, 4.69) is 4.98 Å². The van der Waals surface area contributed by atoms with Crippen LogP contribution in [0.1, 0.15) is 21.3 Å². The molecule has 1 aromatic rings. The Labute approximate surface area is 91.5 Å². The van der Waals surface area contributed by atoms with Crippen molar-refractivity contribution in [3.05, 3.63) is 53.2 Å². The quantitative estimate of drug-likeness (QED) is 0.830. The highest BCUT2D eigenvalue weighted by Crippen LogP contribution is 2.34. The summed E-state index contributed by atoms with van der Waals surface area (Å²) >= 11 is 1.58. The van der Waals surface area contributed by atoms with E-state index in [1.165, 1.54) is 6.20 Å². The molecular weight excluding hydrogens is 210 g/mol. The number of pyridine rings is 1. The second kappa shape index (κ2) is 4.31. The summed E-state index contributed by atoms with van der Waals surface area (Å²) in [7, 11) is 0. The number of nitrogens with zero attached hydrogens (tertiary/aromatic N) is 1. The Bertz CT molecular complexity index is 440. The van der Waals surface area contributed by atoms with Crippen molar-refractivity contribution in [2.45, 2.75) is 5.25 Å². The zero-order valence-corrected chi connectivity index (χ0v) is 8.65. The van der Waals surface area contributed by atoms with Crippen LogP contribution in [0.25, 0.3) is 0 Å². The fraction of sp³-hybridized carbons (Fsp3) is 0.0909. The Morgan fingerprint density at radius 1 is 1.47 bits per heavy atom. The highest BCUT2D eigenvalue weighted by atomic mass is 32.2. The second-order valence-electron chi connectivity index (χ2n) is 3.02. The van der Waals surface area contributed by atoms with Crippen LogP contribution in [0.5, 0.6) is 0 Å². The van der Waals surface area contributed by atoms with Crippen LogP contribution in [0.2, 0.25) is 0 Å². The first kappa shape index (κ1) is 9.98. The van der Waals surface area contributed by atoms with Crippen LogP contribution >= 0.6 is 11.8 Å². The largest absolute Gasteiger partial charge is 0.477 e. The van der Waals surface area contributed by atoms with Crippen molar-refractivity contribution in [2.24, 2.45) is 0 Å². The summed E-state index contributed by atoms with van der Waals surface area (Å²) in [6, 6.07) is 3.56. The van der Waals surface area contributed by atoms with E-state index in [0.29, 0.717) is 0 Å². The van der Waals surface area contributed by atoms with Crippen LogP contribution < -0.4 is 0 Å². The highest BCUT2D eigenvalue weighted by Gasteiger charge is 2.18. The van der Waals surface area contributed by atoms with E-state index < -0.39 is 5.97 Å². The summed E-state index contributed by atoms with van der Waals surface area (Å²) in [6.07, 6.45) is 7.31. The van der Waals surface area contributed by atoms with Gasteiger partial charge in [-0.15, -0.1) is 11.8 Å². The van der Waals surface area contributed by atoms with Crippen molar-refractivity contribution in [1.82, 2.24) is 4.98 Å². The van der Waals surface area contributed by atoms with E-state index in [1.807, 2.05) is 23.6 Å². The number of aromatic nitrogens is 1. The molecule has 0 bridgehead atoms. The van der Waals surface area contributed by atoms with Gasteiger partial charge in [0.1, 0.15) is 0 Å². The summed E-state index contributed by atoms with van der Waals surface area (Å²) in [5.74, 6) is -0.978. The predicted octanol–water partition coefficient (Wildman–Crippen LogP) is 2.64. The average molecular weight is 219 g/mol. The van der Waals surface area contributed by atoms with Gasteiger partial charge in [-0.3, -0.25) is 0 Å². The Hall–Kier alpha value is -1.55. The number of aromatic carboxylic acids is 1. The predicted molar refractivity (Wildman–Crippen MR) is 59.8 cm³/mol. The minimum atomic E-state index is -0.978. The molecule has 15 heavy (non-hydrogen) atoms. The standard InChI is InChI=1S/C11H9NO2S/c13-11(14)10-8(4-3-6-12-10)9-5-1-2-7-15-9/h1-7,9H,(H,13,14). The molecule has 1 aliphatic heterocycles. The molecule has 0 aromatic carbocycles. The fourth-order valence-electron chi connectivity index (χ4n) is 1.39. The number of hydrogen-bond acceptors (Lipinski definition) is 3.